The van der Waals surface area contributed by atoms with Gasteiger partial charge in [-0.05, 0) is 6.92 Å². The highest BCUT2D eigenvalue weighted by atomic mass is 16.8. The van der Waals surface area contributed by atoms with Gasteiger partial charge in [0.1, 0.15) is 6.10 Å². The molecular formula is C9H10O7. The summed E-state index contributed by atoms with van der Waals surface area (Å²) in [6.45, 7) is 1.93. The summed E-state index contributed by atoms with van der Waals surface area (Å²) in [6.07, 6.45) is -3.61. The SMILES string of the molecule is CC1OC2OC3C(OC=O)C(=O)O[C@@H]3C2O1. The van der Waals surface area contributed by atoms with Crippen LogP contribution in [-0.4, -0.2) is 49.4 Å². The number of hydrogen-bond acceptors (Lipinski definition) is 7. The number of carbonyl (C=O) groups excluding carboxylic acids is 2. The maximum absolute atomic E-state index is 11.4. The molecule has 7 nitrogen and oxygen atoms in total. The first-order valence-corrected chi connectivity index (χ1v) is 4.96. The van der Waals surface area contributed by atoms with Crippen molar-refractivity contribution >= 4 is 12.4 Å². The third-order valence-electron chi connectivity index (χ3n) is 2.87. The molecule has 0 aromatic heterocycles. The van der Waals surface area contributed by atoms with Crippen molar-refractivity contribution in [1.82, 2.24) is 0 Å². The Morgan fingerprint density at radius 1 is 1.19 bits per heavy atom. The van der Waals surface area contributed by atoms with E-state index in [0.717, 1.165) is 0 Å². The Balaban J connectivity index is 1.79. The van der Waals surface area contributed by atoms with Gasteiger partial charge in [0.05, 0.1) is 0 Å². The second kappa shape index (κ2) is 3.41. The van der Waals surface area contributed by atoms with Crippen LogP contribution in [0.15, 0.2) is 0 Å². The molecule has 0 bridgehead atoms. The van der Waals surface area contributed by atoms with E-state index in [1.165, 1.54) is 0 Å². The lowest BCUT2D eigenvalue weighted by Gasteiger charge is -2.14. The predicted octanol–water partition coefficient (Wildman–Crippen LogP) is -1.06. The number of hydrogen-bond donors (Lipinski definition) is 0. The van der Waals surface area contributed by atoms with E-state index in [1.807, 2.05) is 0 Å². The van der Waals surface area contributed by atoms with Crippen molar-refractivity contribution in [3.05, 3.63) is 0 Å². The van der Waals surface area contributed by atoms with E-state index in [-0.39, 0.29) is 12.8 Å². The number of esters is 1. The highest BCUT2D eigenvalue weighted by Crippen LogP contribution is 2.39. The first-order valence-electron chi connectivity index (χ1n) is 4.96. The minimum absolute atomic E-state index is 0.204. The van der Waals surface area contributed by atoms with Crippen molar-refractivity contribution in [3.63, 3.8) is 0 Å². The van der Waals surface area contributed by atoms with Crippen LogP contribution in [0.5, 0.6) is 0 Å². The molecule has 0 aromatic carbocycles. The highest BCUT2D eigenvalue weighted by molar-refractivity contribution is 5.79. The lowest BCUT2D eigenvalue weighted by atomic mass is 10.1. The van der Waals surface area contributed by atoms with Crippen molar-refractivity contribution in [2.45, 2.75) is 43.9 Å². The number of ether oxygens (including phenoxy) is 5. The summed E-state index contributed by atoms with van der Waals surface area (Å²) >= 11 is 0. The van der Waals surface area contributed by atoms with Crippen molar-refractivity contribution < 1.29 is 33.3 Å². The van der Waals surface area contributed by atoms with E-state index in [2.05, 4.69) is 4.74 Å². The summed E-state index contributed by atoms with van der Waals surface area (Å²) in [5.74, 6) is -0.608. The second-order valence-electron chi connectivity index (χ2n) is 3.83. The van der Waals surface area contributed by atoms with Crippen LogP contribution < -0.4 is 0 Å². The topological polar surface area (TPSA) is 80.3 Å². The molecule has 3 heterocycles. The Morgan fingerprint density at radius 2 is 2.00 bits per heavy atom. The van der Waals surface area contributed by atoms with Gasteiger partial charge in [0.15, 0.2) is 24.8 Å². The van der Waals surface area contributed by atoms with Gasteiger partial charge in [-0.15, -0.1) is 0 Å². The van der Waals surface area contributed by atoms with Crippen LogP contribution in [0, 0.1) is 0 Å². The van der Waals surface area contributed by atoms with Gasteiger partial charge in [-0.3, -0.25) is 4.79 Å². The largest absolute Gasteiger partial charge is 0.454 e. The maximum Gasteiger partial charge on any atom is 0.350 e. The summed E-state index contributed by atoms with van der Waals surface area (Å²) in [6, 6.07) is 0. The molecule has 5 unspecified atom stereocenters. The Kier molecular flexibility index (Phi) is 2.13. The first kappa shape index (κ1) is 10.0. The van der Waals surface area contributed by atoms with Crippen LogP contribution in [0.1, 0.15) is 6.92 Å². The van der Waals surface area contributed by atoms with Gasteiger partial charge in [0.25, 0.3) is 6.47 Å². The quantitative estimate of drug-likeness (QED) is 0.441. The summed E-state index contributed by atoms with van der Waals surface area (Å²) in [7, 11) is 0. The predicted molar refractivity (Wildman–Crippen MR) is 44.9 cm³/mol. The van der Waals surface area contributed by atoms with Crippen molar-refractivity contribution in [3.8, 4) is 0 Å². The highest BCUT2D eigenvalue weighted by Gasteiger charge is 2.62. The average Bonchev–Trinajstić information content (AvgIpc) is 2.81. The summed E-state index contributed by atoms with van der Waals surface area (Å²) in [5.41, 5.74) is 0. The van der Waals surface area contributed by atoms with Gasteiger partial charge < -0.3 is 23.7 Å². The fourth-order valence-electron chi connectivity index (χ4n) is 2.25. The van der Waals surface area contributed by atoms with Gasteiger partial charge >= 0.3 is 5.97 Å². The van der Waals surface area contributed by atoms with Gasteiger partial charge in [0, 0.05) is 0 Å². The third-order valence-corrected chi connectivity index (χ3v) is 2.87. The van der Waals surface area contributed by atoms with E-state index < -0.39 is 36.7 Å². The van der Waals surface area contributed by atoms with Crippen LogP contribution in [0.4, 0.5) is 0 Å². The zero-order chi connectivity index (χ0) is 11.3. The molecular weight excluding hydrogens is 220 g/mol. The molecule has 0 aliphatic carbocycles. The summed E-state index contributed by atoms with van der Waals surface area (Å²) in [5, 5.41) is 0. The molecule has 7 heteroatoms. The standard InChI is InChI=1S/C9H10O7/c1-3-13-7-5-4(16-9(7)14-3)6(12-2-10)8(11)15-5/h2-7,9H,1H3/t3?,4?,5-,6?,7?,9?/m0/s1. The van der Waals surface area contributed by atoms with Crippen LogP contribution in [0.3, 0.4) is 0 Å². The normalized spacial score (nSPS) is 49.7. The van der Waals surface area contributed by atoms with Gasteiger partial charge in [-0.25, -0.2) is 4.79 Å². The molecule has 0 saturated carbocycles. The van der Waals surface area contributed by atoms with Gasteiger partial charge in [-0.2, -0.15) is 0 Å². The second-order valence-corrected chi connectivity index (χ2v) is 3.83. The zero-order valence-electron chi connectivity index (χ0n) is 8.40. The van der Waals surface area contributed by atoms with E-state index in [4.69, 9.17) is 18.9 Å². The van der Waals surface area contributed by atoms with E-state index in [0.29, 0.717) is 0 Å². The molecule has 88 valence electrons. The molecule has 0 N–H and O–H groups in total. The Bertz CT molecular complexity index is 330. The average molecular weight is 230 g/mol. The van der Waals surface area contributed by atoms with Crippen molar-refractivity contribution in [2.75, 3.05) is 0 Å². The minimum atomic E-state index is -1.02. The zero-order valence-corrected chi connectivity index (χ0v) is 8.40. The van der Waals surface area contributed by atoms with Gasteiger partial charge in [-0.1, -0.05) is 0 Å². The summed E-state index contributed by atoms with van der Waals surface area (Å²) in [4.78, 5) is 21.6. The molecule has 0 spiro atoms. The Hall–Kier alpha value is -1.18. The fourth-order valence-corrected chi connectivity index (χ4v) is 2.25. The third kappa shape index (κ3) is 1.25. The van der Waals surface area contributed by atoms with E-state index >= 15 is 0 Å². The molecule has 0 aromatic rings. The van der Waals surface area contributed by atoms with Crippen LogP contribution in [-0.2, 0) is 33.3 Å². The monoisotopic (exact) mass is 230 g/mol. The van der Waals surface area contributed by atoms with Crippen LogP contribution in [0.25, 0.3) is 0 Å². The fraction of sp³-hybridized carbons (Fsp3) is 0.778. The smallest absolute Gasteiger partial charge is 0.350 e. The van der Waals surface area contributed by atoms with Gasteiger partial charge in [0.2, 0.25) is 6.10 Å². The summed E-state index contributed by atoms with van der Waals surface area (Å²) < 4.78 is 25.8. The molecule has 3 rings (SSSR count). The molecule has 0 amide bonds. The number of rotatable bonds is 2. The first-order chi connectivity index (χ1) is 7.70. The molecule has 3 aliphatic heterocycles. The van der Waals surface area contributed by atoms with Crippen LogP contribution >= 0.6 is 0 Å². The molecule has 3 saturated heterocycles. The Labute approximate surface area is 90.5 Å². The molecule has 16 heavy (non-hydrogen) atoms. The van der Waals surface area contributed by atoms with E-state index in [9.17, 15) is 9.59 Å². The van der Waals surface area contributed by atoms with Crippen molar-refractivity contribution in [2.24, 2.45) is 0 Å². The molecule has 3 fully saturated rings. The van der Waals surface area contributed by atoms with Crippen molar-refractivity contribution in [1.29, 1.82) is 0 Å². The Morgan fingerprint density at radius 3 is 2.75 bits per heavy atom. The molecule has 6 atom stereocenters. The molecule has 0 radical (unpaired) electrons. The lowest BCUT2D eigenvalue weighted by molar-refractivity contribution is -0.174. The van der Waals surface area contributed by atoms with E-state index in [1.54, 1.807) is 6.92 Å². The van der Waals surface area contributed by atoms with Crippen LogP contribution in [0.2, 0.25) is 0 Å². The molecule has 3 aliphatic rings. The minimum Gasteiger partial charge on any atom is -0.454 e. The lowest BCUT2D eigenvalue weighted by Crippen LogP contribution is -2.34. The maximum atomic E-state index is 11.4. The number of carbonyl (C=O) groups is 2. The number of fused-ring (bicyclic) bond motifs is 3.